The number of hydrogen-bond acceptors (Lipinski definition) is 1. The average molecular weight is 253 g/mol. The zero-order valence-corrected chi connectivity index (χ0v) is 12.1. The van der Waals surface area contributed by atoms with Crippen LogP contribution in [0.15, 0.2) is 48.5 Å². The number of benzene rings is 2. The van der Waals surface area contributed by atoms with E-state index in [0.717, 1.165) is 12.8 Å². The smallest absolute Gasteiger partial charge is 0.0315 e. The monoisotopic (exact) mass is 253 g/mol. The Balaban J connectivity index is 2.37. The van der Waals surface area contributed by atoms with Crippen molar-refractivity contribution >= 4 is 0 Å². The third-order valence-electron chi connectivity index (χ3n) is 3.71. The molecule has 0 amide bonds. The van der Waals surface area contributed by atoms with E-state index >= 15 is 0 Å². The molecule has 19 heavy (non-hydrogen) atoms. The number of aryl methyl sites for hydroxylation is 1. The van der Waals surface area contributed by atoms with Crippen molar-refractivity contribution in [1.29, 1.82) is 0 Å². The molecular formula is C18H23N. The first-order chi connectivity index (χ1) is 9.28. The maximum atomic E-state index is 3.37. The normalized spacial score (nSPS) is 12.4. The summed E-state index contributed by atoms with van der Waals surface area (Å²) in [5.74, 6) is 0. The molecule has 2 aromatic rings. The summed E-state index contributed by atoms with van der Waals surface area (Å²) < 4.78 is 0. The van der Waals surface area contributed by atoms with Gasteiger partial charge in [0.15, 0.2) is 0 Å². The van der Waals surface area contributed by atoms with Crippen LogP contribution in [-0.4, -0.2) is 7.05 Å². The van der Waals surface area contributed by atoms with E-state index in [1.54, 1.807) is 0 Å². The van der Waals surface area contributed by atoms with Gasteiger partial charge in [-0.2, -0.15) is 0 Å². The average Bonchev–Trinajstić information content (AvgIpc) is 2.49. The fourth-order valence-corrected chi connectivity index (χ4v) is 2.51. The quantitative estimate of drug-likeness (QED) is 0.822. The predicted molar refractivity (Wildman–Crippen MR) is 83.3 cm³/mol. The number of hydrogen-bond donors (Lipinski definition) is 1. The Morgan fingerprint density at radius 2 is 1.63 bits per heavy atom. The molecule has 0 aliphatic heterocycles. The van der Waals surface area contributed by atoms with Crippen LogP contribution in [0.25, 0.3) is 11.1 Å². The number of nitrogens with one attached hydrogen (secondary N) is 1. The van der Waals surface area contributed by atoms with Crippen LogP contribution in [0.5, 0.6) is 0 Å². The molecule has 0 spiro atoms. The molecule has 0 saturated carbocycles. The molecule has 1 N–H and O–H groups in total. The van der Waals surface area contributed by atoms with Gasteiger partial charge >= 0.3 is 0 Å². The van der Waals surface area contributed by atoms with E-state index in [-0.39, 0.29) is 0 Å². The van der Waals surface area contributed by atoms with E-state index in [1.807, 2.05) is 7.05 Å². The topological polar surface area (TPSA) is 12.0 Å². The van der Waals surface area contributed by atoms with Gasteiger partial charge in [0.2, 0.25) is 0 Å². The molecular weight excluding hydrogens is 230 g/mol. The lowest BCUT2D eigenvalue weighted by atomic mass is 9.97. The van der Waals surface area contributed by atoms with Crippen LogP contribution in [0.1, 0.15) is 37.4 Å². The second-order valence-electron chi connectivity index (χ2n) is 4.93. The van der Waals surface area contributed by atoms with Crippen LogP contribution < -0.4 is 5.32 Å². The fraction of sp³-hybridized carbons (Fsp3) is 0.333. The van der Waals surface area contributed by atoms with Crippen molar-refractivity contribution < 1.29 is 0 Å². The van der Waals surface area contributed by atoms with E-state index in [4.69, 9.17) is 0 Å². The van der Waals surface area contributed by atoms with Gasteiger partial charge < -0.3 is 5.32 Å². The Kier molecular flexibility index (Phi) is 4.75. The highest BCUT2D eigenvalue weighted by molar-refractivity contribution is 5.65. The van der Waals surface area contributed by atoms with E-state index in [0.29, 0.717) is 6.04 Å². The molecule has 0 bridgehead atoms. The van der Waals surface area contributed by atoms with Gasteiger partial charge in [0, 0.05) is 6.04 Å². The van der Waals surface area contributed by atoms with Crippen molar-refractivity contribution in [3.63, 3.8) is 0 Å². The van der Waals surface area contributed by atoms with Gasteiger partial charge in [-0.3, -0.25) is 0 Å². The molecule has 0 radical (unpaired) electrons. The molecule has 0 aromatic heterocycles. The lowest BCUT2D eigenvalue weighted by Gasteiger charge is -2.15. The standard InChI is InChI=1S/C18H23N/c1-4-14-8-6-9-15(12-14)16-10-7-11-17(13-16)18(5-2)19-3/h6-13,18-19H,4-5H2,1-3H3. The van der Waals surface area contributed by atoms with Crippen molar-refractivity contribution in [1.82, 2.24) is 5.32 Å². The molecule has 1 nitrogen and oxygen atoms in total. The second kappa shape index (κ2) is 6.53. The van der Waals surface area contributed by atoms with Gasteiger partial charge in [-0.1, -0.05) is 56.3 Å². The molecule has 1 atom stereocenters. The van der Waals surface area contributed by atoms with Gasteiger partial charge in [-0.25, -0.2) is 0 Å². The van der Waals surface area contributed by atoms with Crippen LogP contribution in [-0.2, 0) is 6.42 Å². The Morgan fingerprint density at radius 1 is 0.947 bits per heavy atom. The van der Waals surface area contributed by atoms with E-state index in [9.17, 15) is 0 Å². The summed E-state index contributed by atoms with van der Waals surface area (Å²) in [6, 6.07) is 18.1. The van der Waals surface area contributed by atoms with Crippen molar-refractivity contribution in [2.75, 3.05) is 7.05 Å². The molecule has 1 heteroatoms. The van der Waals surface area contributed by atoms with E-state index < -0.39 is 0 Å². The Labute approximate surface area is 116 Å². The van der Waals surface area contributed by atoms with E-state index in [2.05, 4.69) is 67.7 Å². The summed E-state index contributed by atoms with van der Waals surface area (Å²) in [5.41, 5.74) is 5.38. The molecule has 0 heterocycles. The van der Waals surface area contributed by atoms with Gasteiger partial charge in [-0.05, 0) is 48.2 Å². The molecule has 1 unspecified atom stereocenters. The highest BCUT2D eigenvalue weighted by Gasteiger charge is 2.07. The second-order valence-corrected chi connectivity index (χ2v) is 4.93. The molecule has 100 valence electrons. The van der Waals surface area contributed by atoms with Crippen LogP contribution >= 0.6 is 0 Å². The Bertz CT molecular complexity index is 527. The summed E-state index contributed by atoms with van der Waals surface area (Å²) >= 11 is 0. The van der Waals surface area contributed by atoms with Gasteiger partial charge in [0.25, 0.3) is 0 Å². The first kappa shape index (κ1) is 13.8. The maximum absolute atomic E-state index is 3.37. The molecule has 2 rings (SSSR count). The highest BCUT2D eigenvalue weighted by Crippen LogP contribution is 2.25. The zero-order valence-electron chi connectivity index (χ0n) is 12.1. The summed E-state index contributed by atoms with van der Waals surface area (Å²) in [7, 11) is 2.03. The Hall–Kier alpha value is -1.60. The third kappa shape index (κ3) is 3.24. The van der Waals surface area contributed by atoms with Crippen LogP contribution in [0.4, 0.5) is 0 Å². The fourth-order valence-electron chi connectivity index (χ4n) is 2.51. The van der Waals surface area contributed by atoms with Crippen LogP contribution in [0.2, 0.25) is 0 Å². The summed E-state index contributed by atoms with van der Waals surface area (Å²) in [5, 5.41) is 3.37. The molecule has 2 aromatic carbocycles. The number of rotatable bonds is 5. The predicted octanol–water partition coefficient (Wildman–Crippen LogP) is 4.59. The highest BCUT2D eigenvalue weighted by atomic mass is 14.9. The molecule has 0 fully saturated rings. The third-order valence-corrected chi connectivity index (χ3v) is 3.71. The van der Waals surface area contributed by atoms with Gasteiger partial charge in [0.1, 0.15) is 0 Å². The zero-order chi connectivity index (χ0) is 13.7. The Morgan fingerprint density at radius 3 is 2.26 bits per heavy atom. The SMILES string of the molecule is CCc1cccc(-c2cccc(C(CC)NC)c2)c1. The molecule has 0 aliphatic carbocycles. The van der Waals surface area contributed by atoms with Crippen molar-refractivity contribution in [2.24, 2.45) is 0 Å². The first-order valence-corrected chi connectivity index (χ1v) is 7.15. The minimum absolute atomic E-state index is 0.439. The minimum Gasteiger partial charge on any atom is -0.313 e. The minimum atomic E-state index is 0.439. The van der Waals surface area contributed by atoms with Crippen LogP contribution in [0, 0.1) is 0 Å². The van der Waals surface area contributed by atoms with Crippen molar-refractivity contribution in [3.8, 4) is 11.1 Å². The van der Waals surface area contributed by atoms with Gasteiger partial charge in [0.05, 0.1) is 0 Å². The van der Waals surface area contributed by atoms with Crippen molar-refractivity contribution in [2.45, 2.75) is 32.7 Å². The van der Waals surface area contributed by atoms with Crippen LogP contribution in [0.3, 0.4) is 0 Å². The van der Waals surface area contributed by atoms with E-state index in [1.165, 1.54) is 22.3 Å². The maximum Gasteiger partial charge on any atom is 0.0315 e. The largest absolute Gasteiger partial charge is 0.313 e. The van der Waals surface area contributed by atoms with Gasteiger partial charge in [-0.15, -0.1) is 0 Å². The lowest BCUT2D eigenvalue weighted by molar-refractivity contribution is 0.577. The summed E-state index contributed by atoms with van der Waals surface area (Å²) in [6.45, 7) is 4.41. The summed E-state index contributed by atoms with van der Waals surface area (Å²) in [4.78, 5) is 0. The first-order valence-electron chi connectivity index (χ1n) is 7.15. The molecule has 0 saturated heterocycles. The molecule has 0 aliphatic rings. The summed E-state index contributed by atoms with van der Waals surface area (Å²) in [6.07, 6.45) is 2.19. The van der Waals surface area contributed by atoms with Crippen molar-refractivity contribution in [3.05, 3.63) is 59.7 Å². The lowest BCUT2D eigenvalue weighted by Crippen LogP contribution is -2.15.